The van der Waals surface area contributed by atoms with Crippen LogP contribution in [0.5, 0.6) is 0 Å². The van der Waals surface area contributed by atoms with Crippen molar-refractivity contribution in [3.63, 3.8) is 0 Å². The predicted octanol–water partition coefficient (Wildman–Crippen LogP) is -0.422. The summed E-state index contributed by atoms with van der Waals surface area (Å²) in [6.45, 7) is 0.479. The summed E-state index contributed by atoms with van der Waals surface area (Å²) in [6.07, 6.45) is 2.07. The van der Waals surface area contributed by atoms with E-state index in [-0.39, 0.29) is 13.2 Å². The fourth-order valence-electron chi connectivity index (χ4n) is 1.95. The predicted molar refractivity (Wildman–Crippen MR) is 43.1 cm³/mol. The van der Waals surface area contributed by atoms with Crippen molar-refractivity contribution < 1.29 is 14.7 Å². The van der Waals surface area contributed by atoms with Crippen molar-refractivity contribution in [1.29, 1.82) is 0 Å². The highest BCUT2D eigenvalue weighted by molar-refractivity contribution is 4.72. The van der Waals surface area contributed by atoms with E-state index < -0.39 is 0 Å². The Kier molecular flexibility index (Phi) is 2.52. The van der Waals surface area contributed by atoms with Crippen LogP contribution in [0.1, 0.15) is 12.8 Å². The Labute approximate surface area is 67.8 Å². The van der Waals surface area contributed by atoms with Gasteiger partial charge in [-0.25, -0.2) is 0 Å². The van der Waals surface area contributed by atoms with E-state index in [4.69, 9.17) is 10.2 Å². The van der Waals surface area contributed by atoms with E-state index in [1.54, 1.807) is 0 Å². The van der Waals surface area contributed by atoms with Crippen LogP contribution >= 0.6 is 0 Å². The summed E-state index contributed by atoms with van der Waals surface area (Å²) >= 11 is 0. The standard InChI is InChI=1S/C8H18NO2/c1-9(2)7(5-10)3-4-8(9)6-11/h7-8,10-11H,3-6H2,1-2H3/q+1. The molecule has 0 aromatic carbocycles. The zero-order valence-corrected chi connectivity index (χ0v) is 7.32. The monoisotopic (exact) mass is 160 g/mol. The third kappa shape index (κ3) is 1.41. The summed E-state index contributed by atoms with van der Waals surface area (Å²) in [6, 6.07) is 0.652. The Hall–Kier alpha value is -0.120. The van der Waals surface area contributed by atoms with E-state index in [0.29, 0.717) is 12.1 Å². The molecular formula is C8H18NO2+. The van der Waals surface area contributed by atoms with E-state index in [9.17, 15) is 0 Å². The van der Waals surface area contributed by atoms with Crippen molar-refractivity contribution in [2.24, 2.45) is 0 Å². The second kappa shape index (κ2) is 3.09. The molecule has 1 saturated heterocycles. The Morgan fingerprint density at radius 2 is 1.45 bits per heavy atom. The van der Waals surface area contributed by atoms with Gasteiger partial charge in [-0.15, -0.1) is 0 Å². The molecule has 11 heavy (non-hydrogen) atoms. The van der Waals surface area contributed by atoms with Gasteiger partial charge in [-0.1, -0.05) is 0 Å². The van der Waals surface area contributed by atoms with Crippen LogP contribution in [0.2, 0.25) is 0 Å². The number of likely N-dealkylation sites (N-methyl/N-ethyl adjacent to an activating group) is 1. The molecule has 0 bridgehead atoms. The van der Waals surface area contributed by atoms with Gasteiger partial charge < -0.3 is 14.7 Å². The molecule has 1 aliphatic rings. The average molecular weight is 160 g/mol. The fourth-order valence-corrected chi connectivity index (χ4v) is 1.95. The molecule has 1 heterocycles. The second-order valence-corrected chi connectivity index (χ2v) is 3.88. The number of hydrogen-bond acceptors (Lipinski definition) is 2. The molecule has 1 rings (SSSR count). The number of aliphatic hydroxyl groups excluding tert-OH is 2. The molecule has 3 nitrogen and oxygen atoms in total. The molecule has 0 aromatic heterocycles. The van der Waals surface area contributed by atoms with Gasteiger partial charge in [-0.2, -0.15) is 0 Å². The van der Waals surface area contributed by atoms with Crippen molar-refractivity contribution in [3.8, 4) is 0 Å². The summed E-state index contributed by atoms with van der Waals surface area (Å²) in [5.41, 5.74) is 0. The van der Waals surface area contributed by atoms with Crippen molar-refractivity contribution in [3.05, 3.63) is 0 Å². The Balaban J connectivity index is 2.64. The summed E-state index contributed by atoms with van der Waals surface area (Å²) in [4.78, 5) is 0. The summed E-state index contributed by atoms with van der Waals surface area (Å²) < 4.78 is 0.771. The lowest BCUT2D eigenvalue weighted by Gasteiger charge is -2.35. The lowest BCUT2D eigenvalue weighted by atomic mass is 10.2. The number of rotatable bonds is 2. The number of aliphatic hydroxyl groups is 2. The minimum Gasteiger partial charge on any atom is -0.390 e. The third-order valence-corrected chi connectivity index (χ3v) is 3.14. The smallest absolute Gasteiger partial charge is 0.112 e. The van der Waals surface area contributed by atoms with Gasteiger partial charge in [0.15, 0.2) is 0 Å². The number of likely N-dealkylation sites (tertiary alicyclic amines) is 1. The molecule has 0 amide bonds. The van der Waals surface area contributed by atoms with Crippen molar-refractivity contribution >= 4 is 0 Å². The molecule has 0 aliphatic carbocycles. The Morgan fingerprint density at radius 3 is 1.64 bits per heavy atom. The van der Waals surface area contributed by atoms with Gasteiger partial charge in [0.1, 0.15) is 12.1 Å². The van der Waals surface area contributed by atoms with Crippen LogP contribution in [-0.2, 0) is 0 Å². The van der Waals surface area contributed by atoms with Gasteiger partial charge in [0, 0.05) is 12.8 Å². The van der Waals surface area contributed by atoms with Gasteiger partial charge in [0.25, 0.3) is 0 Å². The first-order valence-corrected chi connectivity index (χ1v) is 4.18. The van der Waals surface area contributed by atoms with Gasteiger partial charge in [0.2, 0.25) is 0 Å². The maximum atomic E-state index is 9.02. The van der Waals surface area contributed by atoms with Gasteiger partial charge in [0.05, 0.1) is 27.3 Å². The normalized spacial score (nSPS) is 36.0. The minimum atomic E-state index is 0.240. The summed E-state index contributed by atoms with van der Waals surface area (Å²) in [7, 11) is 4.16. The van der Waals surface area contributed by atoms with Crippen LogP contribution in [0.4, 0.5) is 0 Å². The SMILES string of the molecule is C[N+]1(C)C(CO)CCC1CO. The zero-order valence-electron chi connectivity index (χ0n) is 7.32. The highest BCUT2D eigenvalue weighted by atomic mass is 16.3. The molecule has 2 atom stereocenters. The molecule has 2 N–H and O–H groups in total. The van der Waals surface area contributed by atoms with Crippen molar-refractivity contribution in [2.75, 3.05) is 27.3 Å². The van der Waals surface area contributed by atoms with Crippen molar-refractivity contribution in [2.45, 2.75) is 24.9 Å². The fraction of sp³-hybridized carbons (Fsp3) is 1.00. The van der Waals surface area contributed by atoms with Gasteiger partial charge in [-0.05, 0) is 0 Å². The molecule has 0 spiro atoms. The van der Waals surface area contributed by atoms with Crippen LogP contribution < -0.4 is 0 Å². The lowest BCUT2D eigenvalue weighted by molar-refractivity contribution is -0.925. The Bertz CT molecular complexity index is 122. The van der Waals surface area contributed by atoms with E-state index >= 15 is 0 Å². The molecule has 3 heteroatoms. The van der Waals surface area contributed by atoms with Gasteiger partial charge >= 0.3 is 0 Å². The van der Waals surface area contributed by atoms with E-state index in [1.165, 1.54) is 0 Å². The molecule has 0 aromatic rings. The van der Waals surface area contributed by atoms with Crippen LogP contribution in [0.15, 0.2) is 0 Å². The summed E-state index contributed by atoms with van der Waals surface area (Å²) in [5.74, 6) is 0. The molecule has 0 saturated carbocycles. The van der Waals surface area contributed by atoms with E-state index in [2.05, 4.69) is 14.1 Å². The van der Waals surface area contributed by atoms with Crippen LogP contribution in [0, 0.1) is 0 Å². The maximum absolute atomic E-state index is 9.02. The number of hydrogen-bond donors (Lipinski definition) is 2. The maximum Gasteiger partial charge on any atom is 0.112 e. The summed E-state index contributed by atoms with van der Waals surface area (Å²) in [5, 5.41) is 18.0. The first-order valence-electron chi connectivity index (χ1n) is 4.18. The second-order valence-electron chi connectivity index (χ2n) is 3.88. The first kappa shape index (κ1) is 8.97. The molecule has 2 unspecified atom stereocenters. The molecule has 1 fully saturated rings. The van der Waals surface area contributed by atoms with Crippen LogP contribution in [-0.4, -0.2) is 54.1 Å². The van der Waals surface area contributed by atoms with Gasteiger partial charge in [-0.3, -0.25) is 0 Å². The third-order valence-electron chi connectivity index (χ3n) is 3.14. The van der Waals surface area contributed by atoms with Crippen molar-refractivity contribution in [1.82, 2.24) is 0 Å². The van der Waals surface area contributed by atoms with E-state index in [0.717, 1.165) is 17.3 Å². The first-order chi connectivity index (χ1) is 5.12. The molecular weight excluding hydrogens is 142 g/mol. The average Bonchev–Trinajstić information content (AvgIpc) is 2.24. The minimum absolute atomic E-state index is 0.240. The Morgan fingerprint density at radius 1 is 1.09 bits per heavy atom. The highest BCUT2D eigenvalue weighted by Gasteiger charge is 2.41. The topological polar surface area (TPSA) is 40.5 Å². The molecule has 1 aliphatic heterocycles. The highest BCUT2D eigenvalue weighted by Crippen LogP contribution is 2.28. The van der Waals surface area contributed by atoms with Crippen LogP contribution in [0.25, 0.3) is 0 Å². The van der Waals surface area contributed by atoms with E-state index in [1.807, 2.05) is 0 Å². The molecule has 0 radical (unpaired) electrons. The largest absolute Gasteiger partial charge is 0.390 e. The van der Waals surface area contributed by atoms with Crippen LogP contribution in [0.3, 0.4) is 0 Å². The number of nitrogens with zero attached hydrogens (tertiary/aromatic N) is 1. The lowest BCUT2D eigenvalue weighted by Crippen LogP contribution is -2.52. The quantitative estimate of drug-likeness (QED) is 0.539. The number of quaternary nitrogens is 1. The molecule has 66 valence electrons. The zero-order chi connectivity index (χ0) is 8.48.